The number of hydrogen-bond donors (Lipinski definition) is 1. The fourth-order valence-electron chi connectivity index (χ4n) is 2.52. The number of nitrogens with zero attached hydrogens (tertiary/aromatic N) is 3. The number of fused-ring (bicyclic) bond motifs is 1. The van der Waals surface area contributed by atoms with E-state index in [-0.39, 0.29) is 24.0 Å². The van der Waals surface area contributed by atoms with Crippen molar-refractivity contribution in [3.63, 3.8) is 0 Å². The predicted octanol–water partition coefficient (Wildman–Crippen LogP) is 2.58. The average molecular weight is 402 g/mol. The second kappa shape index (κ2) is 9.25. The van der Waals surface area contributed by atoms with E-state index < -0.39 is 0 Å². The van der Waals surface area contributed by atoms with E-state index in [0.29, 0.717) is 0 Å². The van der Waals surface area contributed by atoms with Crippen LogP contribution < -0.4 is 10.2 Å². The van der Waals surface area contributed by atoms with E-state index in [1.807, 2.05) is 0 Å². The lowest BCUT2D eigenvalue weighted by molar-refractivity contribution is 0.403. The zero-order valence-corrected chi connectivity index (χ0v) is 15.6. The van der Waals surface area contributed by atoms with Crippen LogP contribution in [0.5, 0.6) is 0 Å². The SMILES string of the molecule is CCNC(=NCCCN(C)C)N1CCc2ccccc21.I. The standard InChI is InChI=1S/C16H26N4.HI/c1-4-17-16(18-11-7-12-19(2)3)20-13-10-14-8-5-6-9-15(14)20;/h5-6,8-9H,4,7,10-13H2,1-3H3,(H,17,18);1H. The molecule has 21 heavy (non-hydrogen) atoms. The van der Waals surface area contributed by atoms with Crippen molar-refractivity contribution in [1.29, 1.82) is 0 Å². The van der Waals surface area contributed by atoms with Crippen LogP contribution in [0.3, 0.4) is 0 Å². The maximum atomic E-state index is 4.77. The van der Waals surface area contributed by atoms with Gasteiger partial charge in [-0.15, -0.1) is 24.0 Å². The van der Waals surface area contributed by atoms with Crippen molar-refractivity contribution < 1.29 is 0 Å². The summed E-state index contributed by atoms with van der Waals surface area (Å²) >= 11 is 0. The Bertz CT molecular complexity index is 459. The van der Waals surface area contributed by atoms with E-state index in [1.54, 1.807) is 0 Å². The molecule has 0 unspecified atom stereocenters. The van der Waals surface area contributed by atoms with Gasteiger partial charge >= 0.3 is 0 Å². The lowest BCUT2D eigenvalue weighted by atomic mass is 10.2. The first-order valence-corrected chi connectivity index (χ1v) is 7.51. The van der Waals surface area contributed by atoms with E-state index in [2.05, 4.69) is 60.4 Å². The van der Waals surface area contributed by atoms with Crippen LogP contribution in [0.4, 0.5) is 5.69 Å². The van der Waals surface area contributed by atoms with Gasteiger partial charge in [-0.3, -0.25) is 4.99 Å². The van der Waals surface area contributed by atoms with Gasteiger partial charge in [0.15, 0.2) is 5.96 Å². The number of aliphatic imine (C=N–C) groups is 1. The summed E-state index contributed by atoms with van der Waals surface area (Å²) in [5.74, 6) is 1.02. The van der Waals surface area contributed by atoms with E-state index >= 15 is 0 Å². The Morgan fingerprint density at radius 2 is 2.10 bits per heavy atom. The maximum absolute atomic E-state index is 4.77. The van der Waals surface area contributed by atoms with Gasteiger partial charge in [-0.1, -0.05) is 18.2 Å². The molecule has 0 amide bonds. The summed E-state index contributed by atoms with van der Waals surface area (Å²) in [7, 11) is 4.21. The normalized spacial score (nSPS) is 14.1. The predicted molar refractivity (Wildman–Crippen MR) is 102 cm³/mol. The molecule has 1 aromatic rings. The number of guanidine groups is 1. The molecule has 2 rings (SSSR count). The molecule has 0 radical (unpaired) electrons. The van der Waals surface area contributed by atoms with Crippen LogP contribution in [0.1, 0.15) is 18.9 Å². The minimum Gasteiger partial charge on any atom is -0.356 e. The first-order chi connectivity index (χ1) is 9.72. The van der Waals surface area contributed by atoms with Gasteiger partial charge in [0.1, 0.15) is 0 Å². The Balaban J connectivity index is 0.00000220. The first-order valence-electron chi connectivity index (χ1n) is 7.51. The van der Waals surface area contributed by atoms with Crippen LogP contribution in [-0.4, -0.2) is 51.1 Å². The summed E-state index contributed by atoms with van der Waals surface area (Å²) in [6.07, 6.45) is 2.20. The lowest BCUT2D eigenvalue weighted by Crippen LogP contribution is -2.40. The third-order valence-corrected chi connectivity index (χ3v) is 3.50. The smallest absolute Gasteiger partial charge is 0.198 e. The van der Waals surface area contributed by atoms with Gasteiger partial charge in [0.25, 0.3) is 0 Å². The fourth-order valence-corrected chi connectivity index (χ4v) is 2.52. The first kappa shape index (κ1) is 18.2. The molecule has 0 aromatic heterocycles. The summed E-state index contributed by atoms with van der Waals surface area (Å²) in [5, 5.41) is 3.42. The lowest BCUT2D eigenvalue weighted by Gasteiger charge is -2.22. The van der Waals surface area contributed by atoms with Crippen molar-refractivity contribution in [3.05, 3.63) is 29.8 Å². The molecule has 118 valence electrons. The molecule has 0 atom stereocenters. The highest BCUT2D eigenvalue weighted by atomic mass is 127. The number of benzene rings is 1. The topological polar surface area (TPSA) is 30.9 Å². The molecule has 4 nitrogen and oxygen atoms in total. The second-order valence-corrected chi connectivity index (χ2v) is 5.42. The molecule has 0 bridgehead atoms. The molecule has 1 aliphatic rings. The molecule has 1 N–H and O–H groups in total. The second-order valence-electron chi connectivity index (χ2n) is 5.42. The fraction of sp³-hybridized carbons (Fsp3) is 0.562. The Hall–Kier alpha value is -0.820. The molecule has 1 aliphatic heterocycles. The molecule has 0 aliphatic carbocycles. The van der Waals surface area contributed by atoms with Gasteiger partial charge in [-0.2, -0.15) is 0 Å². The van der Waals surface area contributed by atoms with E-state index in [0.717, 1.165) is 45.0 Å². The van der Waals surface area contributed by atoms with Crippen LogP contribution in [0, 0.1) is 0 Å². The van der Waals surface area contributed by atoms with Crippen LogP contribution in [0.15, 0.2) is 29.3 Å². The zero-order valence-electron chi connectivity index (χ0n) is 13.3. The quantitative estimate of drug-likeness (QED) is 0.356. The Labute approximate surface area is 145 Å². The maximum Gasteiger partial charge on any atom is 0.198 e. The molecular weight excluding hydrogens is 375 g/mol. The number of halogens is 1. The summed E-state index contributed by atoms with van der Waals surface area (Å²) < 4.78 is 0. The largest absolute Gasteiger partial charge is 0.356 e. The van der Waals surface area contributed by atoms with E-state index in [4.69, 9.17) is 4.99 Å². The molecular formula is C16H27IN4. The van der Waals surface area contributed by atoms with E-state index in [1.165, 1.54) is 11.3 Å². The molecule has 1 aromatic carbocycles. The van der Waals surface area contributed by atoms with Crippen molar-refractivity contribution in [3.8, 4) is 0 Å². The molecule has 5 heteroatoms. The Morgan fingerprint density at radius 3 is 2.81 bits per heavy atom. The monoisotopic (exact) mass is 402 g/mol. The Morgan fingerprint density at radius 1 is 1.33 bits per heavy atom. The van der Waals surface area contributed by atoms with Crippen molar-refractivity contribution >= 4 is 35.6 Å². The van der Waals surface area contributed by atoms with Crippen molar-refractivity contribution in [2.45, 2.75) is 19.8 Å². The number of rotatable bonds is 5. The minimum absolute atomic E-state index is 0. The summed E-state index contributed by atoms with van der Waals surface area (Å²) in [5.41, 5.74) is 2.73. The third kappa shape index (κ3) is 5.14. The molecule has 1 heterocycles. The highest BCUT2D eigenvalue weighted by Crippen LogP contribution is 2.27. The number of nitrogens with one attached hydrogen (secondary N) is 1. The summed E-state index contributed by atoms with van der Waals surface area (Å²) in [6, 6.07) is 8.62. The van der Waals surface area contributed by atoms with Crippen LogP contribution in [0.2, 0.25) is 0 Å². The van der Waals surface area contributed by atoms with Crippen molar-refractivity contribution in [2.75, 3.05) is 45.2 Å². The van der Waals surface area contributed by atoms with Gasteiger partial charge in [0.2, 0.25) is 0 Å². The number of hydrogen-bond acceptors (Lipinski definition) is 2. The molecule has 0 saturated heterocycles. The van der Waals surface area contributed by atoms with Gasteiger partial charge in [-0.05, 0) is 52.0 Å². The third-order valence-electron chi connectivity index (χ3n) is 3.50. The van der Waals surface area contributed by atoms with Crippen LogP contribution >= 0.6 is 24.0 Å². The van der Waals surface area contributed by atoms with Gasteiger partial charge in [0.05, 0.1) is 0 Å². The summed E-state index contributed by atoms with van der Waals surface area (Å²) in [4.78, 5) is 9.29. The number of anilines is 1. The van der Waals surface area contributed by atoms with Gasteiger partial charge in [0, 0.05) is 25.3 Å². The average Bonchev–Trinajstić information content (AvgIpc) is 2.86. The Kier molecular flexibility index (Phi) is 8.03. The molecule has 0 spiro atoms. The van der Waals surface area contributed by atoms with Gasteiger partial charge in [-0.25, -0.2) is 0 Å². The van der Waals surface area contributed by atoms with E-state index in [9.17, 15) is 0 Å². The van der Waals surface area contributed by atoms with Crippen LogP contribution in [-0.2, 0) is 6.42 Å². The van der Waals surface area contributed by atoms with Crippen molar-refractivity contribution in [2.24, 2.45) is 4.99 Å². The number of para-hydroxylation sites is 1. The molecule has 0 fully saturated rings. The summed E-state index contributed by atoms with van der Waals surface area (Å²) in [6.45, 7) is 6.01. The highest BCUT2D eigenvalue weighted by Gasteiger charge is 2.21. The zero-order chi connectivity index (χ0) is 14.4. The van der Waals surface area contributed by atoms with Gasteiger partial charge < -0.3 is 15.1 Å². The minimum atomic E-state index is 0. The van der Waals surface area contributed by atoms with Crippen molar-refractivity contribution in [1.82, 2.24) is 10.2 Å². The highest BCUT2D eigenvalue weighted by molar-refractivity contribution is 14.0. The van der Waals surface area contributed by atoms with Crippen LogP contribution in [0.25, 0.3) is 0 Å². The molecule has 0 saturated carbocycles.